The molecule has 0 atom stereocenters. The third-order valence-electron chi connectivity index (χ3n) is 4.82. The summed E-state index contributed by atoms with van der Waals surface area (Å²) in [6.45, 7) is 2.13. The van der Waals surface area contributed by atoms with Crippen LogP contribution in [0, 0.1) is 12.7 Å². The van der Waals surface area contributed by atoms with E-state index >= 15 is 0 Å². The number of benzene rings is 2. The molecule has 0 aliphatic rings. The second-order valence-electron chi connectivity index (χ2n) is 7.22. The van der Waals surface area contributed by atoms with Crippen LogP contribution in [0.25, 0.3) is 0 Å². The highest BCUT2D eigenvalue weighted by Gasteiger charge is 2.13. The molecule has 8 heteroatoms. The normalized spacial score (nSPS) is 10.6. The van der Waals surface area contributed by atoms with Crippen molar-refractivity contribution in [1.29, 1.82) is 0 Å². The molecule has 0 saturated carbocycles. The predicted octanol–water partition coefficient (Wildman–Crippen LogP) is 4.73. The minimum absolute atomic E-state index is 0.232. The van der Waals surface area contributed by atoms with Crippen molar-refractivity contribution in [3.63, 3.8) is 0 Å². The van der Waals surface area contributed by atoms with Crippen LogP contribution in [0.3, 0.4) is 0 Å². The first-order valence-corrected chi connectivity index (χ1v) is 10.0. The molecule has 2 aromatic heterocycles. The number of ether oxygens (including phenoxy) is 1. The van der Waals surface area contributed by atoms with Crippen molar-refractivity contribution >= 4 is 17.5 Å². The lowest BCUT2D eigenvalue weighted by Crippen LogP contribution is -2.23. The summed E-state index contributed by atoms with van der Waals surface area (Å²) in [4.78, 5) is 17.0. The number of pyridine rings is 1. The summed E-state index contributed by atoms with van der Waals surface area (Å²) in [5, 5.41) is 10.2. The number of anilines is 2. The van der Waals surface area contributed by atoms with E-state index in [4.69, 9.17) is 4.74 Å². The standard InChI is InChI=1S/C24H22FN5O2/c1-16-20(24(31)27-15-17-6-8-18(25)9-7-17)4-3-5-21(16)32-19-10-12-26-23(14-19)28-22-11-13-30(2)29-22/h3-14H,15H2,1-2H3,(H,27,31)(H,26,28,29). The van der Waals surface area contributed by atoms with Crippen molar-refractivity contribution in [1.82, 2.24) is 20.1 Å². The van der Waals surface area contributed by atoms with Gasteiger partial charge >= 0.3 is 0 Å². The minimum atomic E-state index is -0.310. The summed E-state index contributed by atoms with van der Waals surface area (Å²) < 4.78 is 20.8. The molecule has 0 unspecified atom stereocenters. The van der Waals surface area contributed by atoms with Crippen LogP contribution in [0.5, 0.6) is 11.5 Å². The Kier molecular flexibility index (Phi) is 6.12. The smallest absolute Gasteiger partial charge is 0.251 e. The van der Waals surface area contributed by atoms with Crippen LogP contribution in [0.1, 0.15) is 21.5 Å². The molecule has 162 valence electrons. The maximum absolute atomic E-state index is 13.0. The van der Waals surface area contributed by atoms with Gasteiger partial charge in [0.25, 0.3) is 5.91 Å². The number of amides is 1. The molecule has 0 fully saturated rings. The average Bonchev–Trinajstić information content (AvgIpc) is 3.19. The minimum Gasteiger partial charge on any atom is -0.457 e. The summed E-state index contributed by atoms with van der Waals surface area (Å²) >= 11 is 0. The third kappa shape index (κ3) is 5.10. The fraction of sp³-hybridized carbons (Fsp3) is 0.125. The topological polar surface area (TPSA) is 81.1 Å². The van der Waals surface area contributed by atoms with Crippen LogP contribution in [-0.2, 0) is 13.6 Å². The van der Waals surface area contributed by atoms with Gasteiger partial charge in [0.15, 0.2) is 5.82 Å². The molecule has 32 heavy (non-hydrogen) atoms. The number of hydrogen-bond donors (Lipinski definition) is 2. The highest BCUT2D eigenvalue weighted by molar-refractivity contribution is 5.96. The maximum Gasteiger partial charge on any atom is 0.251 e. The van der Waals surface area contributed by atoms with Gasteiger partial charge in [-0.1, -0.05) is 18.2 Å². The van der Waals surface area contributed by atoms with Crippen LogP contribution in [-0.4, -0.2) is 20.7 Å². The van der Waals surface area contributed by atoms with Gasteiger partial charge < -0.3 is 15.4 Å². The Morgan fingerprint density at radius 1 is 1.09 bits per heavy atom. The van der Waals surface area contributed by atoms with E-state index in [9.17, 15) is 9.18 Å². The molecular formula is C24H22FN5O2. The molecule has 1 amide bonds. The summed E-state index contributed by atoms with van der Waals surface area (Å²) in [6, 6.07) is 16.7. The number of nitrogens with one attached hydrogen (secondary N) is 2. The van der Waals surface area contributed by atoms with E-state index in [1.807, 2.05) is 26.2 Å². The van der Waals surface area contributed by atoms with Crippen LogP contribution in [0.15, 0.2) is 73.1 Å². The Hall–Kier alpha value is -4.20. The number of aryl methyl sites for hydroxylation is 1. The number of hydrogen-bond acceptors (Lipinski definition) is 5. The zero-order valence-electron chi connectivity index (χ0n) is 17.7. The zero-order chi connectivity index (χ0) is 22.5. The average molecular weight is 431 g/mol. The van der Waals surface area contributed by atoms with E-state index in [-0.39, 0.29) is 11.7 Å². The van der Waals surface area contributed by atoms with Crippen LogP contribution in [0.4, 0.5) is 16.0 Å². The molecule has 7 nitrogen and oxygen atoms in total. The van der Waals surface area contributed by atoms with Crippen molar-refractivity contribution in [2.75, 3.05) is 5.32 Å². The number of halogens is 1. The van der Waals surface area contributed by atoms with Gasteiger partial charge in [-0.15, -0.1) is 0 Å². The summed E-state index contributed by atoms with van der Waals surface area (Å²) in [6.07, 6.45) is 3.47. The number of aromatic nitrogens is 3. The molecule has 4 rings (SSSR count). The molecule has 0 saturated heterocycles. The van der Waals surface area contributed by atoms with Gasteiger partial charge in [-0.3, -0.25) is 9.48 Å². The SMILES string of the molecule is Cc1c(Oc2ccnc(Nc3ccn(C)n3)c2)cccc1C(=O)NCc1ccc(F)cc1. The van der Waals surface area contributed by atoms with Gasteiger partial charge in [-0.2, -0.15) is 5.10 Å². The van der Waals surface area contributed by atoms with Gasteiger partial charge in [0.2, 0.25) is 0 Å². The number of nitrogens with zero attached hydrogens (tertiary/aromatic N) is 3. The Balaban J connectivity index is 1.45. The second-order valence-corrected chi connectivity index (χ2v) is 7.22. The monoisotopic (exact) mass is 431 g/mol. The Morgan fingerprint density at radius 2 is 1.91 bits per heavy atom. The highest BCUT2D eigenvalue weighted by Crippen LogP contribution is 2.28. The zero-order valence-corrected chi connectivity index (χ0v) is 17.7. The predicted molar refractivity (Wildman–Crippen MR) is 120 cm³/mol. The summed E-state index contributed by atoms with van der Waals surface area (Å²) in [5.41, 5.74) is 2.03. The molecule has 2 aromatic carbocycles. The fourth-order valence-corrected chi connectivity index (χ4v) is 3.13. The van der Waals surface area contributed by atoms with Gasteiger partial charge in [0.1, 0.15) is 23.1 Å². The Labute approximate surface area is 184 Å². The first-order chi connectivity index (χ1) is 15.5. The quantitative estimate of drug-likeness (QED) is 0.442. The Bertz CT molecular complexity index is 1240. The summed E-state index contributed by atoms with van der Waals surface area (Å²) in [5.74, 6) is 1.86. The molecule has 0 radical (unpaired) electrons. The molecule has 0 spiro atoms. The number of carbonyl (C=O) groups excluding carboxylic acids is 1. The van der Waals surface area contributed by atoms with Crippen molar-refractivity contribution < 1.29 is 13.9 Å². The van der Waals surface area contributed by atoms with E-state index in [1.165, 1.54) is 12.1 Å². The third-order valence-corrected chi connectivity index (χ3v) is 4.82. The molecule has 0 aliphatic heterocycles. The van der Waals surface area contributed by atoms with Crippen LogP contribution < -0.4 is 15.4 Å². The van der Waals surface area contributed by atoms with Crippen LogP contribution >= 0.6 is 0 Å². The molecule has 4 aromatic rings. The first-order valence-electron chi connectivity index (χ1n) is 10.0. The van der Waals surface area contributed by atoms with Crippen LogP contribution in [0.2, 0.25) is 0 Å². The number of rotatable bonds is 7. The lowest BCUT2D eigenvalue weighted by Gasteiger charge is -2.13. The molecule has 0 bridgehead atoms. The molecule has 2 N–H and O–H groups in total. The lowest BCUT2D eigenvalue weighted by atomic mass is 10.1. The fourth-order valence-electron chi connectivity index (χ4n) is 3.13. The van der Waals surface area contributed by atoms with E-state index in [1.54, 1.807) is 53.3 Å². The Morgan fingerprint density at radius 3 is 2.66 bits per heavy atom. The van der Waals surface area contributed by atoms with Gasteiger partial charge in [0, 0.05) is 49.2 Å². The summed E-state index contributed by atoms with van der Waals surface area (Å²) in [7, 11) is 1.84. The van der Waals surface area contributed by atoms with Gasteiger partial charge in [0.05, 0.1) is 0 Å². The highest BCUT2D eigenvalue weighted by atomic mass is 19.1. The van der Waals surface area contributed by atoms with Crippen molar-refractivity contribution in [3.8, 4) is 11.5 Å². The molecule has 0 aliphatic carbocycles. The maximum atomic E-state index is 13.0. The largest absolute Gasteiger partial charge is 0.457 e. The van der Waals surface area contributed by atoms with Crippen molar-refractivity contribution in [2.24, 2.45) is 7.05 Å². The lowest BCUT2D eigenvalue weighted by molar-refractivity contribution is 0.0950. The van der Waals surface area contributed by atoms with E-state index in [2.05, 4.69) is 20.7 Å². The first kappa shape index (κ1) is 21.0. The molecular weight excluding hydrogens is 409 g/mol. The van der Waals surface area contributed by atoms with Crippen molar-refractivity contribution in [2.45, 2.75) is 13.5 Å². The van der Waals surface area contributed by atoms with E-state index < -0.39 is 0 Å². The molecule has 2 heterocycles. The van der Waals surface area contributed by atoms with E-state index in [0.29, 0.717) is 40.8 Å². The van der Waals surface area contributed by atoms with Gasteiger partial charge in [-0.25, -0.2) is 9.37 Å². The van der Waals surface area contributed by atoms with Gasteiger partial charge in [-0.05, 0) is 42.8 Å². The van der Waals surface area contributed by atoms with E-state index in [0.717, 1.165) is 5.56 Å². The second kappa shape index (κ2) is 9.30. The number of carbonyl (C=O) groups is 1. The van der Waals surface area contributed by atoms with Crippen molar-refractivity contribution in [3.05, 3.63) is 95.6 Å².